The molecule has 1 fully saturated rings. The molecule has 16 heavy (non-hydrogen) atoms. The summed E-state index contributed by atoms with van der Waals surface area (Å²) in [6, 6.07) is 0.181. The van der Waals surface area contributed by atoms with Crippen LogP contribution in [0.2, 0.25) is 0 Å². The van der Waals surface area contributed by atoms with E-state index in [1.54, 1.807) is 13.8 Å². The maximum Gasteiger partial charge on any atom is 0.214 e. The zero-order chi connectivity index (χ0) is 12.2. The smallest absolute Gasteiger partial charge is 0.212 e. The predicted octanol–water partition coefficient (Wildman–Crippen LogP) is 2.67. The van der Waals surface area contributed by atoms with Gasteiger partial charge in [-0.25, -0.2) is 13.1 Å². The number of sulfonamides is 1. The Morgan fingerprint density at radius 2 is 1.75 bits per heavy atom. The van der Waals surface area contributed by atoms with Crippen LogP contribution in [0.25, 0.3) is 0 Å². The molecule has 4 heteroatoms. The van der Waals surface area contributed by atoms with Crippen molar-refractivity contribution < 1.29 is 8.42 Å². The molecule has 3 nitrogen and oxygen atoms in total. The van der Waals surface area contributed by atoms with Crippen molar-refractivity contribution in [1.29, 1.82) is 0 Å². The monoisotopic (exact) mass is 247 g/mol. The fourth-order valence-corrected chi connectivity index (χ4v) is 3.32. The Morgan fingerprint density at radius 3 is 2.19 bits per heavy atom. The summed E-state index contributed by atoms with van der Waals surface area (Å²) in [5.41, 5.74) is 0. The molecule has 0 aromatic heterocycles. The maximum absolute atomic E-state index is 11.7. The first-order valence-electron chi connectivity index (χ1n) is 6.46. The molecule has 1 aliphatic carbocycles. The van der Waals surface area contributed by atoms with E-state index in [1.165, 1.54) is 25.7 Å². The van der Waals surface area contributed by atoms with Crippen molar-refractivity contribution in [3.8, 4) is 0 Å². The average Bonchev–Trinajstić information content (AvgIpc) is 2.21. The first kappa shape index (κ1) is 14.0. The van der Waals surface area contributed by atoms with Gasteiger partial charge in [0, 0.05) is 6.04 Å². The fourth-order valence-electron chi connectivity index (χ4n) is 2.35. The van der Waals surface area contributed by atoms with Crippen LogP contribution in [0, 0.1) is 5.92 Å². The summed E-state index contributed by atoms with van der Waals surface area (Å²) < 4.78 is 26.2. The van der Waals surface area contributed by atoms with Crippen molar-refractivity contribution >= 4 is 10.0 Å². The van der Waals surface area contributed by atoms with Crippen molar-refractivity contribution in [3.63, 3.8) is 0 Å². The summed E-state index contributed by atoms with van der Waals surface area (Å²) in [5.74, 6) is 0.824. The quantitative estimate of drug-likeness (QED) is 0.812. The van der Waals surface area contributed by atoms with Gasteiger partial charge in [-0.3, -0.25) is 0 Å². The third kappa shape index (κ3) is 4.06. The lowest BCUT2D eigenvalue weighted by Gasteiger charge is -2.29. The second kappa shape index (κ2) is 6.01. The molecule has 0 aliphatic heterocycles. The summed E-state index contributed by atoms with van der Waals surface area (Å²) in [7, 11) is -3.08. The molecule has 1 saturated carbocycles. The SMILES string of the molecule is CCCC1CCC(NS(=O)(=O)C(C)C)CC1. The van der Waals surface area contributed by atoms with E-state index in [9.17, 15) is 8.42 Å². The molecule has 0 amide bonds. The molecule has 1 aliphatic rings. The summed E-state index contributed by atoms with van der Waals surface area (Å²) in [6.45, 7) is 5.67. The molecule has 0 heterocycles. The average molecular weight is 247 g/mol. The molecule has 1 N–H and O–H groups in total. The number of nitrogens with one attached hydrogen (secondary N) is 1. The second-order valence-electron chi connectivity index (χ2n) is 5.22. The lowest BCUT2D eigenvalue weighted by molar-refractivity contribution is 0.297. The molecular formula is C12H25NO2S. The van der Waals surface area contributed by atoms with Crippen LogP contribution in [0.1, 0.15) is 59.3 Å². The molecular weight excluding hydrogens is 222 g/mol. The van der Waals surface area contributed by atoms with Crippen LogP contribution in [-0.2, 0) is 10.0 Å². The third-order valence-electron chi connectivity index (χ3n) is 3.50. The zero-order valence-electron chi connectivity index (χ0n) is 10.7. The van der Waals surface area contributed by atoms with Crippen molar-refractivity contribution in [3.05, 3.63) is 0 Å². The van der Waals surface area contributed by atoms with E-state index >= 15 is 0 Å². The number of rotatable bonds is 5. The van der Waals surface area contributed by atoms with Crippen LogP contribution in [0.5, 0.6) is 0 Å². The van der Waals surface area contributed by atoms with Crippen molar-refractivity contribution in [2.45, 2.75) is 70.6 Å². The van der Waals surface area contributed by atoms with Gasteiger partial charge in [0.1, 0.15) is 0 Å². The van der Waals surface area contributed by atoms with E-state index in [-0.39, 0.29) is 11.3 Å². The zero-order valence-corrected chi connectivity index (χ0v) is 11.5. The molecule has 96 valence electrons. The van der Waals surface area contributed by atoms with Gasteiger partial charge in [0.05, 0.1) is 5.25 Å². The van der Waals surface area contributed by atoms with Crippen LogP contribution in [0.4, 0.5) is 0 Å². The van der Waals surface area contributed by atoms with Gasteiger partial charge >= 0.3 is 0 Å². The fraction of sp³-hybridized carbons (Fsp3) is 1.00. The molecule has 0 spiro atoms. The van der Waals surface area contributed by atoms with Gasteiger partial charge in [0.15, 0.2) is 0 Å². The van der Waals surface area contributed by atoms with Gasteiger partial charge in [-0.05, 0) is 45.4 Å². The maximum atomic E-state index is 11.7. The number of hydrogen-bond acceptors (Lipinski definition) is 2. The van der Waals surface area contributed by atoms with E-state index in [0.717, 1.165) is 18.8 Å². The highest BCUT2D eigenvalue weighted by Crippen LogP contribution is 2.28. The van der Waals surface area contributed by atoms with E-state index in [4.69, 9.17) is 0 Å². The molecule has 1 rings (SSSR count). The highest BCUT2D eigenvalue weighted by Gasteiger charge is 2.25. The molecule has 0 atom stereocenters. The highest BCUT2D eigenvalue weighted by molar-refractivity contribution is 7.90. The molecule has 0 saturated heterocycles. The van der Waals surface area contributed by atoms with Gasteiger partial charge in [0.2, 0.25) is 10.0 Å². The molecule has 0 aromatic carbocycles. The van der Waals surface area contributed by atoms with Crippen LogP contribution in [-0.4, -0.2) is 19.7 Å². The van der Waals surface area contributed by atoms with Crippen LogP contribution < -0.4 is 4.72 Å². The number of hydrogen-bond donors (Lipinski definition) is 1. The Hall–Kier alpha value is -0.0900. The van der Waals surface area contributed by atoms with Gasteiger partial charge in [-0.15, -0.1) is 0 Å². The Labute approximate surface area is 100 Å². The molecule has 0 unspecified atom stereocenters. The Morgan fingerprint density at radius 1 is 1.19 bits per heavy atom. The predicted molar refractivity (Wildman–Crippen MR) is 67.8 cm³/mol. The van der Waals surface area contributed by atoms with E-state index in [0.29, 0.717) is 0 Å². The Balaban J connectivity index is 2.38. The molecule has 0 aromatic rings. The topological polar surface area (TPSA) is 46.2 Å². The standard InChI is InChI=1S/C12H25NO2S/c1-4-5-11-6-8-12(9-7-11)13-16(14,15)10(2)3/h10-13H,4-9H2,1-3H3. The normalized spacial score (nSPS) is 27.2. The lowest BCUT2D eigenvalue weighted by Crippen LogP contribution is -2.41. The van der Waals surface area contributed by atoms with Gasteiger partial charge < -0.3 is 0 Å². The van der Waals surface area contributed by atoms with Crippen LogP contribution >= 0.6 is 0 Å². The highest BCUT2D eigenvalue weighted by atomic mass is 32.2. The van der Waals surface area contributed by atoms with Crippen molar-refractivity contribution in [2.75, 3.05) is 0 Å². The van der Waals surface area contributed by atoms with Gasteiger partial charge in [0.25, 0.3) is 0 Å². The Bertz CT molecular complexity index is 290. The largest absolute Gasteiger partial charge is 0.214 e. The van der Waals surface area contributed by atoms with Crippen LogP contribution in [0.15, 0.2) is 0 Å². The summed E-state index contributed by atoms with van der Waals surface area (Å²) in [5, 5.41) is -0.319. The first-order chi connectivity index (χ1) is 7.45. The minimum atomic E-state index is -3.08. The van der Waals surface area contributed by atoms with Gasteiger partial charge in [-0.2, -0.15) is 0 Å². The van der Waals surface area contributed by atoms with Crippen LogP contribution in [0.3, 0.4) is 0 Å². The van der Waals surface area contributed by atoms with E-state index in [2.05, 4.69) is 11.6 Å². The summed E-state index contributed by atoms with van der Waals surface area (Å²) in [6.07, 6.45) is 6.92. The van der Waals surface area contributed by atoms with E-state index in [1.807, 2.05) is 0 Å². The van der Waals surface area contributed by atoms with Crippen molar-refractivity contribution in [1.82, 2.24) is 4.72 Å². The summed E-state index contributed by atoms with van der Waals surface area (Å²) in [4.78, 5) is 0. The second-order valence-corrected chi connectivity index (χ2v) is 7.49. The minimum absolute atomic E-state index is 0.181. The Kier molecular flexibility index (Phi) is 5.25. The minimum Gasteiger partial charge on any atom is -0.212 e. The van der Waals surface area contributed by atoms with E-state index < -0.39 is 10.0 Å². The first-order valence-corrected chi connectivity index (χ1v) is 8.01. The summed E-state index contributed by atoms with van der Waals surface area (Å²) >= 11 is 0. The van der Waals surface area contributed by atoms with Crippen molar-refractivity contribution in [2.24, 2.45) is 5.92 Å². The lowest BCUT2D eigenvalue weighted by atomic mass is 9.84. The molecule has 0 radical (unpaired) electrons. The molecule has 0 bridgehead atoms. The van der Waals surface area contributed by atoms with Gasteiger partial charge in [-0.1, -0.05) is 19.8 Å². The third-order valence-corrected chi connectivity index (χ3v) is 5.40.